The summed E-state index contributed by atoms with van der Waals surface area (Å²) in [6.07, 6.45) is 12.6. The number of aliphatic hydroxyl groups is 1. The van der Waals surface area contributed by atoms with Gasteiger partial charge in [0.2, 0.25) is 5.91 Å². The topological polar surface area (TPSA) is 76.4 Å². The molecule has 1 saturated heterocycles. The molecule has 4 fully saturated rings. The largest absolute Gasteiger partial charge is 0.390 e. The van der Waals surface area contributed by atoms with Crippen molar-refractivity contribution in [3.05, 3.63) is 0 Å². The van der Waals surface area contributed by atoms with Gasteiger partial charge >= 0.3 is 0 Å². The van der Waals surface area contributed by atoms with E-state index in [1.807, 2.05) is 0 Å². The van der Waals surface area contributed by atoms with Gasteiger partial charge in [0, 0.05) is 6.54 Å². The van der Waals surface area contributed by atoms with Gasteiger partial charge in [0.1, 0.15) is 6.04 Å². The van der Waals surface area contributed by atoms with Gasteiger partial charge in [-0.3, -0.25) is 4.79 Å². The Morgan fingerprint density at radius 2 is 1.81 bits per heavy atom. The van der Waals surface area contributed by atoms with Crippen LogP contribution in [0.25, 0.3) is 0 Å². The molecule has 3 aliphatic carbocycles. The maximum atomic E-state index is 12.3. The summed E-state index contributed by atoms with van der Waals surface area (Å²) in [6, 6.07) is 2.02. The zero-order valence-electron chi connectivity index (χ0n) is 16.5. The Bertz CT molecular complexity index is 567. The second kappa shape index (κ2) is 8.09. The molecule has 0 radical (unpaired) electrons. The van der Waals surface area contributed by atoms with Crippen molar-refractivity contribution in [3.63, 3.8) is 0 Å². The molecule has 5 nitrogen and oxygen atoms in total. The van der Waals surface area contributed by atoms with Crippen LogP contribution in [0.5, 0.6) is 0 Å². The van der Waals surface area contributed by atoms with Gasteiger partial charge in [-0.1, -0.05) is 19.3 Å². The zero-order valence-corrected chi connectivity index (χ0v) is 16.5. The number of nitrogens with zero attached hydrogens (tertiary/aromatic N) is 2. The Hall–Kier alpha value is -1.12. The molecule has 27 heavy (non-hydrogen) atoms. The molecule has 150 valence electrons. The van der Waals surface area contributed by atoms with E-state index >= 15 is 0 Å². The van der Waals surface area contributed by atoms with Crippen molar-refractivity contribution in [2.75, 3.05) is 19.6 Å². The van der Waals surface area contributed by atoms with E-state index in [2.05, 4.69) is 11.4 Å². The van der Waals surface area contributed by atoms with E-state index in [9.17, 15) is 9.90 Å². The van der Waals surface area contributed by atoms with Crippen LogP contribution < -0.4 is 5.32 Å². The average Bonchev–Trinajstić information content (AvgIpc) is 3.36. The maximum Gasteiger partial charge on any atom is 0.237 e. The molecule has 5 atom stereocenters. The Morgan fingerprint density at radius 1 is 1.11 bits per heavy atom. The predicted molar refractivity (Wildman–Crippen MR) is 104 cm³/mol. The van der Waals surface area contributed by atoms with E-state index in [0.717, 1.165) is 38.8 Å². The smallest absolute Gasteiger partial charge is 0.237 e. The molecule has 1 heterocycles. The third-order valence-corrected chi connectivity index (χ3v) is 7.97. The molecule has 0 aromatic carbocycles. The number of carbonyl (C=O) groups is 1. The number of hydrogen-bond acceptors (Lipinski definition) is 4. The van der Waals surface area contributed by atoms with Gasteiger partial charge in [-0.25, -0.2) is 0 Å². The molecule has 4 rings (SSSR count). The van der Waals surface area contributed by atoms with Gasteiger partial charge in [-0.15, -0.1) is 0 Å². The number of rotatable bonds is 5. The first-order valence-corrected chi connectivity index (χ1v) is 11.2. The van der Waals surface area contributed by atoms with Crippen molar-refractivity contribution in [1.82, 2.24) is 10.2 Å². The second-order valence-corrected chi connectivity index (χ2v) is 9.71. The molecule has 0 aromatic heterocycles. The Morgan fingerprint density at radius 3 is 2.48 bits per heavy atom. The molecular weight excluding hydrogens is 338 g/mol. The third kappa shape index (κ3) is 4.03. The first kappa shape index (κ1) is 19.2. The van der Waals surface area contributed by atoms with E-state index < -0.39 is 0 Å². The summed E-state index contributed by atoms with van der Waals surface area (Å²) in [5.41, 5.74) is -0.383. The zero-order chi connectivity index (χ0) is 18.9. The van der Waals surface area contributed by atoms with Crippen molar-refractivity contribution >= 4 is 5.91 Å². The van der Waals surface area contributed by atoms with Crippen LogP contribution in [0.3, 0.4) is 0 Å². The molecule has 1 aliphatic heterocycles. The first-order valence-electron chi connectivity index (χ1n) is 11.2. The van der Waals surface area contributed by atoms with Crippen LogP contribution in [-0.2, 0) is 4.79 Å². The molecule has 1 amide bonds. The normalized spacial score (nSPS) is 39.5. The van der Waals surface area contributed by atoms with Crippen LogP contribution >= 0.6 is 0 Å². The summed E-state index contributed by atoms with van der Waals surface area (Å²) in [5.74, 6) is 2.61. The number of hydrogen-bond donors (Lipinski definition) is 2. The molecule has 3 saturated carbocycles. The van der Waals surface area contributed by atoms with Gasteiger partial charge < -0.3 is 15.3 Å². The van der Waals surface area contributed by atoms with Crippen molar-refractivity contribution in [2.24, 2.45) is 23.7 Å². The van der Waals surface area contributed by atoms with E-state index in [1.165, 1.54) is 44.9 Å². The highest BCUT2D eigenvalue weighted by Gasteiger charge is 2.51. The minimum absolute atomic E-state index is 0.0731. The maximum absolute atomic E-state index is 12.3. The monoisotopic (exact) mass is 373 g/mol. The van der Waals surface area contributed by atoms with Crippen molar-refractivity contribution < 1.29 is 9.90 Å². The van der Waals surface area contributed by atoms with Crippen LogP contribution in [0.1, 0.15) is 70.6 Å². The lowest BCUT2D eigenvalue weighted by Crippen LogP contribution is -2.41. The fourth-order valence-electron chi connectivity index (χ4n) is 6.65. The lowest BCUT2D eigenvalue weighted by molar-refractivity contribution is -0.130. The lowest BCUT2D eigenvalue weighted by Gasteiger charge is -2.36. The van der Waals surface area contributed by atoms with Crippen LogP contribution in [0.2, 0.25) is 0 Å². The first-order chi connectivity index (χ1) is 13.1. The van der Waals surface area contributed by atoms with Gasteiger partial charge in [0.15, 0.2) is 0 Å². The number of likely N-dealkylation sites (tertiary alicyclic amines) is 1. The summed E-state index contributed by atoms with van der Waals surface area (Å²) in [5, 5.41) is 23.7. The lowest BCUT2D eigenvalue weighted by atomic mass is 9.74. The van der Waals surface area contributed by atoms with Gasteiger partial charge in [-0.05, 0) is 81.6 Å². The molecule has 0 spiro atoms. The number of nitriles is 1. The number of nitrogens with one attached hydrogen (secondary N) is 1. The summed E-state index contributed by atoms with van der Waals surface area (Å²) in [6.45, 7) is 1.98. The standard InChI is InChI=1S/C22H35N3O2/c23-13-20-7-4-8-25(20)21(26)15-24-14-16-9-17-11-22(27,12-18(17)10-16)19-5-2-1-3-6-19/h16-20,24,27H,1-12,14-15H2/t16?,17-,18+,20-,22?/m0/s1. The second-order valence-electron chi connectivity index (χ2n) is 9.71. The van der Waals surface area contributed by atoms with E-state index in [0.29, 0.717) is 30.2 Å². The molecular formula is C22H35N3O2. The quantitative estimate of drug-likeness (QED) is 0.777. The molecule has 2 N–H and O–H groups in total. The van der Waals surface area contributed by atoms with Crippen LogP contribution in [-0.4, -0.2) is 47.2 Å². The Kier molecular flexibility index (Phi) is 5.75. The van der Waals surface area contributed by atoms with Crippen molar-refractivity contribution in [3.8, 4) is 6.07 Å². The van der Waals surface area contributed by atoms with E-state index in [1.54, 1.807) is 4.90 Å². The molecule has 5 heteroatoms. The number of carbonyl (C=O) groups excluding carboxylic acids is 1. The fraction of sp³-hybridized carbons (Fsp3) is 0.909. The molecule has 4 aliphatic rings. The SMILES string of the molecule is N#C[C@@H]1CCCN1C(=O)CNCC1C[C@@H]2CC(O)(C3CCCCC3)C[C@@H]2C1. The Labute approximate surface area is 163 Å². The van der Waals surface area contributed by atoms with Gasteiger partial charge in [0.25, 0.3) is 0 Å². The highest BCUT2D eigenvalue weighted by Crippen LogP contribution is 2.54. The highest BCUT2D eigenvalue weighted by atomic mass is 16.3. The van der Waals surface area contributed by atoms with Crippen LogP contribution in [0.15, 0.2) is 0 Å². The molecule has 2 unspecified atom stereocenters. The summed E-state index contributed by atoms with van der Waals surface area (Å²) >= 11 is 0. The predicted octanol–water partition coefficient (Wildman–Crippen LogP) is 2.84. The molecule has 0 bridgehead atoms. The van der Waals surface area contributed by atoms with Gasteiger partial charge in [-0.2, -0.15) is 5.26 Å². The minimum Gasteiger partial charge on any atom is -0.390 e. The van der Waals surface area contributed by atoms with Crippen LogP contribution in [0, 0.1) is 35.0 Å². The fourth-order valence-corrected chi connectivity index (χ4v) is 6.65. The Balaban J connectivity index is 1.20. The minimum atomic E-state index is -0.383. The van der Waals surface area contributed by atoms with Crippen molar-refractivity contribution in [2.45, 2.75) is 82.3 Å². The highest BCUT2D eigenvalue weighted by molar-refractivity contribution is 5.79. The van der Waals surface area contributed by atoms with Crippen molar-refractivity contribution in [1.29, 1.82) is 5.26 Å². The summed E-state index contributed by atoms with van der Waals surface area (Å²) < 4.78 is 0. The number of amides is 1. The number of fused-ring (bicyclic) bond motifs is 1. The van der Waals surface area contributed by atoms with Gasteiger partial charge in [0.05, 0.1) is 18.2 Å². The molecule has 0 aromatic rings. The van der Waals surface area contributed by atoms with Crippen LogP contribution in [0.4, 0.5) is 0 Å². The third-order valence-electron chi connectivity index (χ3n) is 7.97. The average molecular weight is 374 g/mol. The van der Waals surface area contributed by atoms with E-state index in [4.69, 9.17) is 5.26 Å². The summed E-state index contributed by atoms with van der Waals surface area (Å²) in [7, 11) is 0. The summed E-state index contributed by atoms with van der Waals surface area (Å²) in [4.78, 5) is 14.1. The van der Waals surface area contributed by atoms with E-state index in [-0.39, 0.29) is 17.6 Å².